The Balaban J connectivity index is 1.45. The number of nitriles is 1. The van der Waals surface area contributed by atoms with Crippen molar-refractivity contribution in [1.82, 2.24) is 4.98 Å². The van der Waals surface area contributed by atoms with E-state index in [1.165, 1.54) is 0 Å². The molecule has 1 aliphatic rings. The lowest BCUT2D eigenvalue weighted by Gasteiger charge is -2.05. The second-order valence-electron chi connectivity index (χ2n) is 6.38. The Kier molecular flexibility index (Phi) is 3.84. The van der Waals surface area contributed by atoms with E-state index in [0.29, 0.717) is 24.1 Å². The number of anilines is 1. The fourth-order valence-corrected chi connectivity index (χ4v) is 3.28. The predicted molar refractivity (Wildman–Crippen MR) is 104 cm³/mol. The van der Waals surface area contributed by atoms with E-state index >= 15 is 0 Å². The molecule has 136 valence electrons. The molecule has 4 aromatic rings. The lowest BCUT2D eigenvalue weighted by molar-refractivity contribution is 0.174. The van der Waals surface area contributed by atoms with E-state index in [2.05, 4.69) is 16.4 Å². The lowest BCUT2D eigenvalue weighted by Crippen LogP contribution is -1.99. The standard InChI is InChI=1S/C22H15N3O3/c23-11-18-22(24-12-14-8-9-19-20(10-14)27-13-26-19)28-21(25-18)17-7-3-5-15-4-1-2-6-16(15)17/h1-10,24H,12-13H2. The van der Waals surface area contributed by atoms with Gasteiger partial charge in [-0.1, -0.05) is 42.5 Å². The average molecular weight is 369 g/mol. The monoisotopic (exact) mass is 369 g/mol. The summed E-state index contributed by atoms with van der Waals surface area (Å²) in [6.07, 6.45) is 0. The summed E-state index contributed by atoms with van der Waals surface area (Å²) in [6.45, 7) is 0.705. The van der Waals surface area contributed by atoms with Crippen molar-refractivity contribution < 1.29 is 13.9 Å². The van der Waals surface area contributed by atoms with Crippen molar-refractivity contribution in [2.24, 2.45) is 0 Å². The molecule has 1 aliphatic heterocycles. The van der Waals surface area contributed by atoms with Crippen LogP contribution in [0.2, 0.25) is 0 Å². The van der Waals surface area contributed by atoms with Gasteiger partial charge < -0.3 is 19.2 Å². The van der Waals surface area contributed by atoms with Gasteiger partial charge in [-0.05, 0) is 34.5 Å². The van der Waals surface area contributed by atoms with Crippen LogP contribution in [0.4, 0.5) is 5.88 Å². The molecule has 3 aromatic carbocycles. The zero-order chi connectivity index (χ0) is 18.9. The quantitative estimate of drug-likeness (QED) is 0.561. The number of benzene rings is 3. The van der Waals surface area contributed by atoms with Crippen molar-refractivity contribution >= 4 is 16.7 Å². The molecule has 1 N–H and O–H groups in total. The number of rotatable bonds is 4. The van der Waals surface area contributed by atoms with Crippen LogP contribution in [0, 0.1) is 11.3 Å². The van der Waals surface area contributed by atoms with Crippen molar-refractivity contribution in [2.75, 3.05) is 12.1 Å². The van der Waals surface area contributed by atoms with E-state index in [1.807, 2.05) is 60.7 Å². The number of hydrogen-bond donors (Lipinski definition) is 1. The summed E-state index contributed by atoms with van der Waals surface area (Å²) in [7, 11) is 0. The van der Waals surface area contributed by atoms with Crippen LogP contribution in [0.3, 0.4) is 0 Å². The first kappa shape index (κ1) is 16.2. The molecule has 2 heterocycles. The largest absolute Gasteiger partial charge is 0.454 e. The summed E-state index contributed by atoms with van der Waals surface area (Å²) < 4.78 is 16.6. The average Bonchev–Trinajstić information content (AvgIpc) is 3.38. The fourth-order valence-electron chi connectivity index (χ4n) is 3.28. The molecule has 0 amide bonds. The molecule has 6 heteroatoms. The van der Waals surface area contributed by atoms with Crippen molar-refractivity contribution in [3.8, 4) is 29.0 Å². The Morgan fingerprint density at radius 3 is 2.79 bits per heavy atom. The van der Waals surface area contributed by atoms with Gasteiger partial charge in [0.15, 0.2) is 11.5 Å². The molecule has 0 aliphatic carbocycles. The zero-order valence-corrected chi connectivity index (χ0v) is 14.8. The summed E-state index contributed by atoms with van der Waals surface area (Å²) >= 11 is 0. The Hall–Kier alpha value is -3.98. The maximum Gasteiger partial charge on any atom is 0.232 e. The predicted octanol–water partition coefficient (Wildman–Crippen LogP) is 4.71. The number of fused-ring (bicyclic) bond motifs is 2. The summed E-state index contributed by atoms with van der Waals surface area (Å²) in [4.78, 5) is 4.38. The van der Waals surface area contributed by atoms with Crippen LogP contribution in [-0.2, 0) is 6.54 Å². The maximum atomic E-state index is 9.47. The van der Waals surface area contributed by atoms with Gasteiger partial charge in [-0.25, -0.2) is 0 Å². The van der Waals surface area contributed by atoms with Gasteiger partial charge in [-0.15, -0.1) is 0 Å². The van der Waals surface area contributed by atoms with Gasteiger partial charge in [-0.3, -0.25) is 0 Å². The minimum absolute atomic E-state index is 0.226. The van der Waals surface area contributed by atoms with Gasteiger partial charge in [0.2, 0.25) is 24.3 Å². The third-order valence-electron chi connectivity index (χ3n) is 4.64. The first-order valence-electron chi connectivity index (χ1n) is 8.83. The highest BCUT2D eigenvalue weighted by Gasteiger charge is 2.17. The van der Waals surface area contributed by atoms with Crippen LogP contribution < -0.4 is 14.8 Å². The summed E-state index contributed by atoms with van der Waals surface area (Å²) in [6, 6.07) is 21.7. The van der Waals surface area contributed by atoms with E-state index in [0.717, 1.165) is 27.6 Å². The molecule has 0 spiro atoms. The third-order valence-corrected chi connectivity index (χ3v) is 4.64. The Labute approximate surface area is 160 Å². The van der Waals surface area contributed by atoms with E-state index in [1.54, 1.807) is 0 Å². The van der Waals surface area contributed by atoms with Crippen molar-refractivity contribution in [1.29, 1.82) is 5.26 Å². The highest BCUT2D eigenvalue weighted by atomic mass is 16.7. The van der Waals surface area contributed by atoms with Crippen molar-refractivity contribution in [3.05, 3.63) is 71.9 Å². The topological polar surface area (TPSA) is 80.3 Å². The van der Waals surface area contributed by atoms with Crippen LogP contribution in [0.1, 0.15) is 11.3 Å². The lowest BCUT2D eigenvalue weighted by atomic mass is 10.0. The Bertz CT molecular complexity index is 1220. The molecule has 0 atom stereocenters. The number of nitrogens with one attached hydrogen (secondary N) is 1. The molecule has 28 heavy (non-hydrogen) atoms. The van der Waals surface area contributed by atoms with E-state index < -0.39 is 0 Å². The van der Waals surface area contributed by atoms with Gasteiger partial charge in [0.05, 0.1) is 0 Å². The molecule has 0 saturated heterocycles. The van der Waals surface area contributed by atoms with E-state index in [9.17, 15) is 5.26 Å². The molecule has 0 radical (unpaired) electrons. The summed E-state index contributed by atoms with van der Waals surface area (Å²) in [5.41, 5.74) is 2.06. The van der Waals surface area contributed by atoms with E-state index in [4.69, 9.17) is 13.9 Å². The maximum absolute atomic E-state index is 9.47. The number of hydrogen-bond acceptors (Lipinski definition) is 6. The van der Waals surface area contributed by atoms with Crippen molar-refractivity contribution in [2.45, 2.75) is 6.54 Å². The smallest absolute Gasteiger partial charge is 0.232 e. The van der Waals surface area contributed by atoms with Crippen LogP contribution in [0.15, 0.2) is 65.1 Å². The van der Waals surface area contributed by atoms with Crippen LogP contribution in [0.5, 0.6) is 11.5 Å². The van der Waals surface area contributed by atoms with Gasteiger partial charge in [0, 0.05) is 12.1 Å². The molecule has 5 rings (SSSR count). The number of nitrogens with zero attached hydrogens (tertiary/aromatic N) is 2. The molecule has 0 unspecified atom stereocenters. The minimum atomic E-state index is 0.226. The first-order valence-corrected chi connectivity index (χ1v) is 8.83. The number of ether oxygens (including phenoxy) is 2. The molecule has 0 fully saturated rings. The Morgan fingerprint density at radius 2 is 1.86 bits per heavy atom. The van der Waals surface area contributed by atoms with Gasteiger partial charge in [-0.2, -0.15) is 10.2 Å². The van der Waals surface area contributed by atoms with Crippen LogP contribution >= 0.6 is 0 Å². The first-order chi connectivity index (χ1) is 13.8. The molecule has 6 nitrogen and oxygen atoms in total. The molecular formula is C22H15N3O3. The summed E-state index contributed by atoms with van der Waals surface area (Å²) in [5, 5.41) is 14.7. The molecular weight excluding hydrogens is 354 g/mol. The Morgan fingerprint density at radius 1 is 1.00 bits per heavy atom. The zero-order valence-electron chi connectivity index (χ0n) is 14.8. The fraction of sp³-hybridized carbons (Fsp3) is 0.0909. The van der Waals surface area contributed by atoms with Crippen molar-refractivity contribution in [3.63, 3.8) is 0 Å². The minimum Gasteiger partial charge on any atom is -0.454 e. The van der Waals surface area contributed by atoms with Gasteiger partial charge in [0.25, 0.3) is 0 Å². The molecule has 0 bridgehead atoms. The molecule has 0 saturated carbocycles. The van der Waals surface area contributed by atoms with Gasteiger partial charge >= 0.3 is 0 Å². The highest BCUT2D eigenvalue weighted by Crippen LogP contribution is 2.34. The SMILES string of the molecule is N#Cc1nc(-c2cccc3ccccc23)oc1NCc1ccc2c(c1)OCO2. The number of aromatic nitrogens is 1. The number of oxazole rings is 1. The third kappa shape index (κ3) is 2.79. The summed E-state index contributed by atoms with van der Waals surface area (Å²) in [5.74, 6) is 2.22. The van der Waals surface area contributed by atoms with Crippen LogP contribution in [-0.4, -0.2) is 11.8 Å². The normalized spacial score (nSPS) is 12.1. The van der Waals surface area contributed by atoms with Crippen LogP contribution in [0.25, 0.3) is 22.2 Å². The highest BCUT2D eigenvalue weighted by molar-refractivity contribution is 5.94. The second kappa shape index (κ2) is 6.63. The second-order valence-corrected chi connectivity index (χ2v) is 6.38. The van der Waals surface area contributed by atoms with Gasteiger partial charge in [0.1, 0.15) is 6.07 Å². The molecule has 1 aromatic heterocycles. The van der Waals surface area contributed by atoms with E-state index in [-0.39, 0.29) is 12.5 Å².